The minimum absolute atomic E-state index is 0.0515. The summed E-state index contributed by atoms with van der Waals surface area (Å²) in [6.45, 7) is 3.64. The van der Waals surface area contributed by atoms with Gasteiger partial charge < -0.3 is 10.6 Å². The van der Waals surface area contributed by atoms with Gasteiger partial charge in [0.15, 0.2) is 0 Å². The van der Waals surface area contributed by atoms with E-state index >= 15 is 0 Å². The number of anilines is 1. The van der Waals surface area contributed by atoms with Crippen LogP contribution < -0.4 is 10.6 Å². The van der Waals surface area contributed by atoms with Gasteiger partial charge in [-0.1, -0.05) is 0 Å². The van der Waals surface area contributed by atoms with Gasteiger partial charge in [-0.2, -0.15) is 0 Å². The summed E-state index contributed by atoms with van der Waals surface area (Å²) in [5, 5.41) is 17.3. The van der Waals surface area contributed by atoms with E-state index in [0.717, 1.165) is 31.5 Å². The van der Waals surface area contributed by atoms with E-state index in [0.29, 0.717) is 5.82 Å². The third kappa shape index (κ3) is 2.91. The number of nitro groups is 1. The maximum Gasteiger partial charge on any atom is 0.311 e. The highest BCUT2D eigenvalue weighted by molar-refractivity contribution is 5.57. The first-order valence-electron chi connectivity index (χ1n) is 5.75. The Morgan fingerprint density at radius 3 is 3.12 bits per heavy atom. The van der Waals surface area contributed by atoms with Crippen LogP contribution in [0.15, 0.2) is 12.3 Å². The van der Waals surface area contributed by atoms with Gasteiger partial charge in [-0.05, 0) is 31.9 Å². The summed E-state index contributed by atoms with van der Waals surface area (Å²) in [7, 11) is 0. The number of aromatic nitrogens is 1. The average molecular weight is 236 g/mol. The number of nitrogens with one attached hydrogen (secondary N) is 2. The van der Waals surface area contributed by atoms with E-state index in [4.69, 9.17) is 0 Å². The van der Waals surface area contributed by atoms with Crippen LogP contribution in [0.1, 0.15) is 18.4 Å². The Hall–Kier alpha value is -1.69. The summed E-state index contributed by atoms with van der Waals surface area (Å²) < 4.78 is 0. The van der Waals surface area contributed by atoms with E-state index in [1.54, 1.807) is 19.2 Å². The lowest BCUT2D eigenvalue weighted by Crippen LogP contribution is -2.38. The largest absolute Gasteiger partial charge is 0.360 e. The molecule has 0 radical (unpaired) electrons. The normalized spacial score (nSPS) is 19.9. The molecule has 2 heterocycles. The van der Waals surface area contributed by atoms with Crippen molar-refractivity contribution in [2.24, 2.45) is 0 Å². The van der Waals surface area contributed by atoms with Crippen LogP contribution in [-0.2, 0) is 0 Å². The zero-order valence-corrected chi connectivity index (χ0v) is 9.77. The minimum Gasteiger partial charge on any atom is -0.360 e. The third-order valence-electron chi connectivity index (χ3n) is 2.84. The molecule has 17 heavy (non-hydrogen) atoms. The van der Waals surface area contributed by atoms with E-state index in [1.165, 1.54) is 0 Å². The quantitative estimate of drug-likeness (QED) is 0.613. The lowest BCUT2D eigenvalue weighted by molar-refractivity contribution is -0.384. The number of aryl methyl sites for hydroxylation is 1. The van der Waals surface area contributed by atoms with Crippen molar-refractivity contribution in [3.8, 4) is 0 Å². The van der Waals surface area contributed by atoms with Gasteiger partial charge in [0.1, 0.15) is 0 Å². The van der Waals surface area contributed by atoms with Crippen molar-refractivity contribution in [1.29, 1.82) is 0 Å². The first-order chi connectivity index (χ1) is 8.16. The predicted molar refractivity (Wildman–Crippen MR) is 65.1 cm³/mol. The van der Waals surface area contributed by atoms with Crippen LogP contribution in [0.2, 0.25) is 0 Å². The highest BCUT2D eigenvalue weighted by Gasteiger charge is 2.20. The van der Waals surface area contributed by atoms with Crippen molar-refractivity contribution in [3.63, 3.8) is 0 Å². The molecule has 1 fully saturated rings. The summed E-state index contributed by atoms with van der Waals surface area (Å²) in [5.74, 6) is 0.370. The average Bonchev–Trinajstić information content (AvgIpc) is 2.32. The molecule has 1 unspecified atom stereocenters. The first kappa shape index (κ1) is 11.8. The number of rotatable bonds is 3. The van der Waals surface area contributed by atoms with E-state index in [2.05, 4.69) is 15.6 Å². The second kappa shape index (κ2) is 5.09. The van der Waals surface area contributed by atoms with Crippen molar-refractivity contribution in [3.05, 3.63) is 27.9 Å². The maximum atomic E-state index is 10.9. The molecule has 6 nitrogen and oxygen atoms in total. The standard InChI is InChI=1S/C11H16N4O2/c1-8-5-10(15(16)17)11(13-6-8)14-9-3-2-4-12-7-9/h5-6,9,12H,2-4,7H2,1H3,(H,13,14). The summed E-state index contributed by atoms with van der Waals surface area (Å²) in [6, 6.07) is 1.77. The maximum absolute atomic E-state index is 10.9. The number of piperidine rings is 1. The van der Waals surface area contributed by atoms with Gasteiger partial charge in [0, 0.05) is 24.8 Å². The fraction of sp³-hybridized carbons (Fsp3) is 0.545. The fourth-order valence-electron chi connectivity index (χ4n) is 1.97. The van der Waals surface area contributed by atoms with Gasteiger partial charge in [-0.25, -0.2) is 4.98 Å². The molecule has 1 atom stereocenters. The van der Waals surface area contributed by atoms with Crippen molar-refractivity contribution in [2.45, 2.75) is 25.8 Å². The Morgan fingerprint density at radius 1 is 1.65 bits per heavy atom. The molecule has 2 N–H and O–H groups in total. The number of pyridine rings is 1. The molecule has 1 aliphatic rings. The summed E-state index contributed by atoms with van der Waals surface area (Å²) in [6.07, 6.45) is 3.74. The molecule has 0 bridgehead atoms. The smallest absolute Gasteiger partial charge is 0.311 e. The fourth-order valence-corrected chi connectivity index (χ4v) is 1.97. The van der Waals surface area contributed by atoms with Gasteiger partial charge in [0.05, 0.1) is 4.92 Å². The first-order valence-corrected chi connectivity index (χ1v) is 5.75. The zero-order chi connectivity index (χ0) is 12.3. The Labute approximate surface area is 99.6 Å². The van der Waals surface area contributed by atoms with Gasteiger partial charge in [0.25, 0.3) is 0 Å². The van der Waals surface area contributed by atoms with Crippen LogP contribution in [0.5, 0.6) is 0 Å². The van der Waals surface area contributed by atoms with E-state index in [9.17, 15) is 10.1 Å². The number of hydrogen-bond acceptors (Lipinski definition) is 5. The minimum atomic E-state index is -0.390. The lowest BCUT2D eigenvalue weighted by atomic mass is 10.1. The highest BCUT2D eigenvalue weighted by Crippen LogP contribution is 2.23. The molecule has 0 amide bonds. The van der Waals surface area contributed by atoms with Gasteiger partial charge in [-0.15, -0.1) is 0 Å². The van der Waals surface area contributed by atoms with E-state index in [-0.39, 0.29) is 11.7 Å². The van der Waals surface area contributed by atoms with Crippen LogP contribution in [0.4, 0.5) is 11.5 Å². The van der Waals surface area contributed by atoms with Crippen molar-refractivity contribution >= 4 is 11.5 Å². The molecular formula is C11H16N4O2. The summed E-state index contributed by atoms with van der Waals surface area (Å²) in [4.78, 5) is 14.6. The molecule has 0 saturated carbocycles. The highest BCUT2D eigenvalue weighted by atomic mass is 16.6. The monoisotopic (exact) mass is 236 g/mol. The Kier molecular flexibility index (Phi) is 3.53. The van der Waals surface area contributed by atoms with E-state index < -0.39 is 4.92 Å². The van der Waals surface area contributed by atoms with Gasteiger partial charge >= 0.3 is 5.69 Å². The van der Waals surface area contributed by atoms with Crippen molar-refractivity contribution in [1.82, 2.24) is 10.3 Å². The van der Waals surface area contributed by atoms with E-state index in [1.807, 2.05) is 0 Å². The molecule has 1 aliphatic heterocycles. The van der Waals surface area contributed by atoms with Crippen LogP contribution >= 0.6 is 0 Å². The molecule has 1 saturated heterocycles. The molecule has 0 aliphatic carbocycles. The molecule has 1 aromatic rings. The topological polar surface area (TPSA) is 80.1 Å². The molecule has 1 aromatic heterocycles. The van der Waals surface area contributed by atoms with Crippen LogP contribution in [0, 0.1) is 17.0 Å². The van der Waals surface area contributed by atoms with Crippen LogP contribution in [0.3, 0.4) is 0 Å². The Morgan fingerprint density at radius 2 is 2.47 bits per heavy atom. The molecule has 92 valence electrons. The van der Waals surface area contributed by atoms with Crippen LogP contribution in [0.25, 0.3) is 0 Å². The lowest BCUT2D eigenvalue weighted by Gasteiger charge is -2.24. The second-order valence-electron chi connectivity index (χ2n) is 4.33. The summed E-state index contributed by atoms with van der Waals surface area (Å²) in [5.41, 5.74) is 0.847. The second-order valence-corrected chi connectivity index (χ2v) is 4.33. The SMILES string of the molecule is Cc1cnc(NC2CCCNC2)c([N+](=O)[O-])c1. The molecule has 0 spiro atoms. The number of hydrogen-bond donors (Lipinski definition) is 2. The third-order valence-corrected chi connectivity index (χ3v) is 2.84. The summed E-state index contributed by atoms with van der Waals surface area (Å²) >= 11 is 0. The Bertz CT molecular complexity index is 416. The van der Waals surface area contributed by atoms with Gasteiger partial charge in [-0.3, -0.25) is 10.1 Å². The number of nitrogens with zero attached hydrogens (tertiary/aromatic N) is 2. The van der Waals surface area contributed by atoms with Crippen LogP contribution in [-0.4, -0.2) is 29.0 Å². The molecule has 0 aromatic carbocycles. The van der Waals surface area contributed by atoms with Gasteiger partial charge in [0.2, 0.25) is 5.82 Å². The predicted octanol–water partition coefficient (Wildman–Crippen LogP) is 1.46. The molecule has 6 heteroatoms. The zero-order valence-electron chi connectivity index (χ0n) is 9.77. The van der Waals surface area contributed by atoms with Crippen molar-refractivity contribution < 1.29 is 4.92 Å². The molecule has 2 rings (SSSR count). The molecular weight excluding hydrogens is 220 g/mol. The van der Waals surface area contributed by atoms with Crippen molar-refractivity contribution in [2.75, 3.05) is 18.4 Å². The Balaban J connectivity index is 2.16.